The average Bonchev–Trinajstić information content (AvgIpc) is 2.94. The number of carbonyl (C=O) groups is 1. The first kappa shape index (κ1) is 28.5. The molecule has 1 saturated heterocycles. The van der Waals surface area contributed by atoms with Crippen molar-refractivity contribution >= 4 is 32.5 Å². The number of amides is 1. The first-order valence-electron chi connectivity index (χ1n) is 13.0. The van der Waals surface area contributed by atoms with E-state index in [1.54, 1.807) is 12.3 Å². The topological polar surface area (TPSA) is 114 Å². The lowest BCUT2D eigenvalue weighted by atomic mass is 10.1. The van der Waals surface area contributed by atoms with Gasteiger partial charge in [-0.3, -0.25) is 9.78 Å². The Kier molecular flexibility index (Phi) is 7.96. The fraction of sp³-hybridized carbons (Fsp3) is 0.310. The Hall–Kier alpha value is -4.03. The number of halogens is 2. The first-order chi connectivity index (χ1) is 19.5. The zero-order valence-corrected chi connectivity index (χ0v) is 23.5. The second kappa shape index (κ2) is 11.5. The Morgan fingerprint density at radius 1 is 1.05 bits per heavy atom. The summed E-state index contributed by atoms with van der Waals surface area (Å²) in [6.45, 7) is 5.60. The minimum atomic E-state index is -3.96. The Balaban J connectivity index is 1.34. The molecule has 1 fully saturated rings. The Bertz CT molecular complexity index is 1710. The van der Waals surface area contributed by atoms with Gasteiger partial charge in [0, 0.05) is 42.1 Å². The van der Waals surface area contributed by atoms with E-state index in [-0.39, 0.29) is 24.3 Å². The van der Waals surface area contributed by atoms with Crippen molar-refractivity contribution in [3.8, 4) is 11.4 Å². The van der Waals surface area contributed by atoms with Crippen molar-refractivity contribution in [2.75, 3.05) is 24.2 Å². The molecular formula is C29H29F2N5O4S. The highest BCUT2D eigenvalue weighted by Gasteiger charge is 2.24. The molecule has 1 aromatic carbocycles. The van der Waals surface area contributed by atoms with E-state index in [0.717, 1.165) is 48.4 Å². The molecule has 0 unspecified atom stereocenters. The van der Waals surface area contributed by atoms with Crippen molar-refractivity contribution in [3.63, 3.8) is 0 Å². The number of aromatic nitrogens is 3. The lowest BCUT2D eigenvalue weighted by Gasteiger charge is -2.36. The number of benzene rings is 1. The van der Waals surface area contributed by atoms with Crippen LogP contribution < -0.4 is 10.2 Å². The summed E-state index contributed by atoms with van der Waals surface area (Å²) in [4.78, 5) is 28.4. The molecule has 5 rings (SSSR count). The van der Waals surface area contributed by atoms with Crippen molar-refractivity contribution < 1.29 is 26.7 Å². The maximum Gasteiger partial charge on any atom is 0.265 e. The van der Waals surface area contributed by atoms with Gasteiger partial charge in [-0.2, -0.15) is 0 Å². The number of pyridine rings is 3. The molecular weight excluding hydrogens is 552 g/mol. The molecule has 41 heavy (non-hydrogen) atoms. The minimum Gasteiger partial charge on any atom is -0.372 e. The van der Waals surface area contributed by atoms with E-state index in [4.69, 9.17) is 14.7 Å². The van der Waals surface area contributed by atoms with Crippen molar-refractivity contribution in [1.29, 1.82) is 0 Å². The molecule has 9 nitrogen and oxygen atoms in total. The predicted molar refractivity (Wildman–Crippen MR) is 151 cm³/mol. The van der Waals surface area contributed by atoms with Crippen LogP contribution in [0.2, 0.25) is 0 Å². The minimum absolute atomic E-state index is 0.0205. The van der Waals surface area contributed by atoms with E-state index < -0.39 is 32.6 Å². The third kappa shape index (κ3) is 6.49. The summed E-state index contributed by atoms with van der Waals surface area (Å²) in [6.07, 6.45) is -0.305. The summed E-state index contributed by atoms with van der Waals surface area (Å²) >= 11 is 0. The number of carbonyl (C=O) groups excluding carboxylic acids is 1. The van der Waals surface area contributed by atoms with Crippen LogP contribution in [0.5, 0.6) is 0 Å². The highest BCUT2D eigenvalue weighted by Crippen LogP contribution is 2.28. The summed E-state index contributed by atoms with van der Waals surface area (Å²) in [6, 6.07) is 14.4. The van der Waals surface area contributed by atoms with Gasteiger partial charge >= 0.3 is 0 Å². The van der Waals surface area contributed by atoms with Gasteiger partial charge in [0.05, 0.1) is 46.2 Å². The van der Waals surface area contributed by atoms with Gasteiger partial charge in [-0.1, -0.05) is 12.1 Å². The van der Waals surface area contributed by atoms with Gasteiger partial charge in [0.2, 0.25) is 0 Å². The molecule has 0 bridgehead atoms. The lowest BCUT2D eigenvalue weighted by molar-refractivity contribution is -0.00545. The lowest BCUT2D eigenvalue weighted by Crippen LogP contribution is -2.45. The van der Waals surface area contributed by atoms with Crippen LogP contribution in [0.1, 0.15) is 41.9 Å². The Labute approximate surface area is 236 Å². The molecule has 3 aromatic heterocycles. The molecule has 12 heteroatoms. The van der Waals surface area contributed by atoms with E-state index in [1.165, 1.54) is 6.07 Å². The third-order valence-electron chi connectivity index (χ3n) is 6.71. The van der Waals surface area contributed by atoms with Crippen molar-refractivity contribution in [2.45, 2.75) is 43.9 Å². The van der Waals surface area contributed by atoms with Gasteiger partial charge in [-0.15, -0.1) is 0 Å². The number of hydrogen-bond donors (Lipinski definition) is 1. The maximum absolute atomic E-state index is 13.3. The number of hydrogen-bond acceptors (Lipinski definition) is 8. The smallest absolute Gasteiger partial charge is 0.265 e. The SMILES string of the molecule is C[C@H]1CN(c2cccc(-c3ccc4cnc(CNC(=O)c5ccc(C(F)F)c(S(C)(=O)=O)c5)cc4n3)n2)C[C@H](C)O1. The first-order valence-corrected chi connectivity index (χ1v) is 14.9. The maximum atomic E-state index is 13.3. The van der Waals surface area contributed by atoms with Gasteiger partial charge in [-0.05, 0) is 56.3 Å². The van der Waals surface area contributed by atoms with Crippen LogP contribution in [-0.2, 0) is 21.1 Å². The number of morpholine rings is 1. The quantitative estimate of drug-likeness (QED) is 0.338. The van der Waals surface area contributed by atoms with Gasteiger partial charge in [0.15, 0.2) is 9.84 Å². The van der Waals surface area contributed by atoms with Gasteiger partial charge in [-0.25, -0.2) is 27.2 Å². The summed E-state index contributed by atoms with van der Waals surface area (Å²) < 4.78 is 56.4. The molecule has 0 spiro atoms. The molecule has 1 amide bonds. The van der Waals surface area contributed by atoms with Crippen LogP contribution in [-0.4, -0.2) is 60.8 Å². The molecule has 214 valence electrons. The molecule has 0 aliphatic carbocycles. The second-order valence-electron chi connectivity index (χ2n) is 10.1. The van der Waals surface area contributed by atoms with E-state index in [0.29, 0.717) is 16.9 Å². The summed E-state index contributed by atoms with van der Waals surface area (Å²) in [5, 5.41) is 3.47. The van der Waals surface area contributed by atoms with E-state index in [1.807, 2.05) is 44.2 Å². The summed E-state index contributed by atoms with van der Waals surface area (Å²) in [5.41, 5.74) is 1.88. The second-order valence-corrected chi connectivity index (χ2v) is 12.1. The number of nitrogens with one attached hydrogen (secondary N) is 1. The summed E-state index contributed by atoms with van der Waals surface area (Å²) in [7, 11) is -3.96. The summed E-state index contributed by atoms with van der Waals surface area (Å²) in [5.74, 6) is 0.234. The fourth-order valence-electron chi connectivity index (χ4n) is 4.85. The molecule has 1 aliphatic rings. The van der Waals surface area contributed by atoms with Gasteiger partial charge < -0.3 is 15.0 Å². The molecule has 1 N–H and O–H groups in total. The molecule has 0 saturated carbocycles. The van der Waals surface area contributed by atoms with Crippen molar-refractivity contribution in [3.05, 3.63) is 77.6 Å². The highest BCUT2D eigenvalue weighted by atomic mass is 32.2. The van der Waals surface area contributed by atoms with E-state index in [9.17, 15) is 22.0 Å². The van der Waals surface area contributed by atoms with Crippen molar-refractivity contribution in [2.24, 2.45) is 0 Å². The standard InChI is InChI=1S/C29H29F2N5O4S/c1-17-15-36(16-18(2)40-17)27-6-4-5-23(35-27)24-10-8-20-13-32-21(12-25(20)34-24)14-33-29(37)19-7-9-22(28(30)31)26(11-19)41(3,38)39/h4-13,17-18,28H,14-16H2,1-3H3,(H,33,37)/t17-,18-/m0/s1. The monoisotopic (exact) mass is 581 g/mol. The van der Waals surface area contributed by atoms with E-state index >= 15 is 0 Å². The number of ether oxygens (including phenoxy) is 1. The number of rotatable bonds is 7. The largest absolute Gasteiger partial charge is 0.372 e. The normalized spacial score (nSPS) is 17.7. The Morgan fingerprint density at radius 2 is 1.78 bits per heavy atom. The van der Waals surface area contributed by atoms with Crippen LogP contribution in [0.15, 0.2) is 65.7 Å². The van der Waals surface area contributed by atoms with Gasteiger partial charge in [0.25, 0.3) is 12.3 Å². The highest BCUT2D eigenvalue weighted by molar-refractivity contribution is 7.90. The van der Waals surface area contributed by atoms with Crippen LogP contribution in [0.25, 0.3) is 22.3 Å². The number of fused-ring (bicyclic) bond motifs is 1. The molecule has 4 aromatic rings. The molecule has 0 radical (unpaired) electrons. The number of anilines is 1. The molecule has 2 atom stereocenters. The zero-order chi connectivity index (χ0) is 29.3. The molecule has 4 heterocycles. The predicted octanol–water partition coefficient (Wildman–Crippen LogP) is 4.58. The number of alkyl halides is 2. The van der Waals surface area contributed by atoms with Crippen molar-refractivity contribution in [1.82, 2.24) is 20.3 Å². The average molecular weight is 582 g/mol. The van der Waals surface area contributed by atoms with Crippen LogP contribution in [0.4, 0.5) is 14.6 Å². The van der Waals surface area contributed by atoms with Crippen LogP contribution >= 0.6 is 0 Å². The fourth-order valence-corrected chi connectivity index (χ4v) is 5.78. The van der Waals surface area contributed by atoms with Crippen LogP contribution in [0, 0.1) is 0 Å². The third-order valence-corrected chi connectivity index (χ3v) is 7.86. The van der Waals surface area contributed by atoms with Gasteiger partial charge in [0.1, 0.15) is 5.82 Å². The number of sulfone groups is 1. The molecule has 1 aliphatic heterocycles. The van der Waals surface area contributed by atoms with E-state index in [2.05, 4.69) is 15.2 Å². The Morgan fingerprint density at radius 3 is 2.49 bits per heavy atom. The number of nitrogens with zero attached hydrogens (tertiary/aromatic N) is 4. The zero-order valence-electron chi connectivity index (χ0n) is 22.7. The van der Waals surface area contributed by atoms with Crippen LogP contribution in [0.3, 0.4) is 0 Å².